The van der Waals surface area contributed by atoms with Crippen LogP contribution in [0.2, 0.25) is 0 Å². The largest absolute Gasteiger partial charge is 0.373 e. The number of ether oxygens (including phenoxy) is 1. The van der Waals surface area contributed by atoms with Crippen LogP contribution in [0.15, 0.2) is 6.07 Å². The predicted octanol–water partition coefficient (Wildman–Crippen LogP) is 2.50. The van der Waals surface area contributed by atoms with E-state index in [1.165, 1.54) is 6.42 Å². The van der Waals surface area contributed by atoms with Gasteiger partial charge in [0.05, 0.1) is 0 Å². The zero-order valence-electron chi connectivity index (χ0n) is 10.9. The molecule has 1 fully saturated rings. The maximum Gasteiger partial charge on any atom is 0.162 e. The molecule has 0 saturated heterocycles. The Bertz CT molecular complexity index is 383. The second-order valence-corrected chi connectivity index (χ2v) is 4.62. The van der Waals surface area contributed by atoms with Gasteiger partial charge < -0.3 is 10.1 Å². The molecule has 0 aromatic carbocycles. The Morgan fingerprint density at radius 1 is 1.41 bits per heavy atom. The van der Waals surface area contributed by atoms with Crippen LogP contribution in [0.25, 0.3) is 0 Å². The minimum absolute atomic E-state index is 0.227. The van der Waals surface area contributed by atoms with Gasteiger partial charge in [-0.1, -0.05) is 13.3 Å². The van der Waals surface area contributed by atoms with Gasteiger partial charge in [-0.2, -0.15) is 0 Å². The van der Waals surface area contributed by atoms with Gasteiger partial charge in [0, 0.05) is 25.9 Å². The quantitative estimate of drug-likeness (QED) is 0.851. The molecule has 1 aromatic rings. The summed E-state index contributed by atoms with van der Waals surface area (Å²) in [7, 11) is 3.65. The molecule has 1 aromatic heterocycles. The highest BCUT2D eigenvalue weighted by molar-refractivity contribution is 5.36. The standard InChI is InChI=1S/C13H21N3O/c1-4-6-10-9-11(14-2)16-12(15-10)13(17-3)7-5-8-13/h9H,4-8H2,1-3H3,(H,14,15,16). The maximum absolute atomic E-state index is 5.64. The van der Waals surface area contributed by atoms with Crippen LogP contribution in [0.1, 0.15) is 44.1 Å². The average Bonchev–Trinajstić information content (AvgIpc) is 2.28. The van der Waals surface area contributed by atoms with E-state index in [-0.39, 0.29) is 5.60 Å². The van der Waals surface area contributed by atoms with E-state index >= 15 is 0 Å². The van der Waals surface area contributed by atoms with Gasteiger partial charge in [-0.3, -0.25) is 0 Å². The van der Waals surface area contributed by atoms with Gasteiger partial charge >= 0.3 is 0 Å². The van der Waals surface area contributed by atoms with Crippen molar-refractivity contribution in [2.75, 3.05) is 19.5 Å². The van der Waals surface area contributed by atoms with Gasteiger partial charge in [-0.15, -0.1) is 0 Å². The summed E-state index contributed by atoms with van der Waals surface area (Å²) >= 11 is 0. The molecule has 0 aliphatic heterocycles. The molecule has 0 unspecified atom stereocenters. The minimum atomic E-state index is -0.227. The summed E-state index contributed by atoms with van der Waals surface area (Å²) < 4.78 is 5.64. The van der Waals surface area contributed by atoms with Crippen molar-refractivity contribution >= 4 is 5.82 Å². The number of rotatable bonds is 5. The van der Waals surface area contributed by atoms with Crippen molar-refractivity contribution in [2.45, 2.75) is 44.6 Å². The highest BCUT2D eigenvalue weighted by Crippen LogP contribution is 2.42. The summed E-state index contributed by atoms with van der Waals surface area (Å²) in [4.78, 5) is 9.21. The van der Waals surface area contributed by atoms with Crippen LogP contribution in [0.4, 0.5) is 5.82 Å². The molecule has 1 heterocycles. The van der Waals surface area contributed by atoms with E-state index in [9.17, 15) is 0 Å². The fourth-order valence-corrected chi connectivity index (χ4v) is 2.23. The Hall–Kier alpha value is -1.16. The van der Waals surface area contributed by atoms with Gasteiger partial charge in [0.15, 0.2) is 5.82 Å². The van der Waals surface area contributed by atoms with Crippen LogP contribution in [0.3, 0.4) is 0 Å². The minimum Gasteiger partial charge on any atom is -0.373 e. The first-order chi connectivity index (χ1) is 8.24. The summed E-state index contributed by atoms with van der Waals surface area (Å²) in [5.74, 6) is 1.74. The lowest BCUT2D eigenvalue weighted by Gasteiger charge is -2.39. The van der Waals surface area contributed by atoms with Gasteiger partial charge in [-0.25, -0.2) is 9.97 Å². The Morgan fingerprint density at radius 2 is 2.18 bits per heavy atom. The molecule has 94 valence electrons. The number of anilines is 1. The normalized spacial score (nSPS) is 17.6. The summed E-state index contributed by atoms with van der Waals surface area (Å²) in [6, 6.07) is 2.02. The molecular weight excluding hydrogens is 214 g/mol. The molecule has 4 heteroatoms. The molecule has 1 N–H and O–H groups in total. The summed E-state index contributed by atoms with van der Waals surface area (Å²) in [5.41, 5.74) is 0.875. The van der Waals surface area contributed by atoms with E-state index in [2.05, 4.69) is 22.2 Å². The third-order valence-corrected chi connectivity index (χ3v) is 3.50. The highest BCUT2D eigenvalue weighted by Gasteiger charge is 2.42. The van der Waals surface area contributed by atoms with Crippen LogP contribution in [0, 0.1) is 0 Å². The summed E-state index contributed by atoms with van der Waals surface area (Å²) in [6.45, 7) is 2.16. The molecule has 0 radical (unpaired) electrons. The zero-order chi connectivity index (χ0) is 12.3. The molecule has 0 spiro atoms. The number of hydrogen-bond donors (Lipinski definition) is 1. The smallest absolute Gasteiger partial charge is 0.162 e. The number of methoxy groups -OCH3 is 1. The van der Waals surface area contributed by atoms with Crippen LogP contribution >= 0.6 is 0 Å². The molecular formula is C13H21N3O. The second-order valence-electron chi connectivity index (χ2n) is 4.62. The number of aromatic nitrogens is 2. The molecule has 1 saturated carbocycles. The van der Waals surface area contributed by atoms with Crippen molar-refractivity contribution < 1.29 is 4.74 Å². The topological polar surface area (TPSA) is 47.0 Å². The van der Waals surface area contributed by atoms with E-state index in [1.54, 1.807) is 7.11 Å². The number of nitrogens with zero attached hydrogens (tertiary/aromatic N) is 2. The van der Waals surface area contributed by atoms with E-state index in [0.29, 0.717) is 0 Å². The van der Waals surface area contributed by atoms with Gasteiger partial charge in [0.25, 0.3) is 0 Å². The first-order valence-corrected chi connectivity index (χ1v) is 6.35. The summed E-state index contributed by atoms with van der Waals surface area (Å²) in [6.07, 6.45) is 5.35. The molecule has 1 aliphatic rings. The average molecular weight is 235 g/mol. The fourth-order valence-electron chi connectivity index (χ4n) is 2.23. The van der Waals surface area contributed by atoms with E-state index in [1.807, 2.05) is 13.1 Å². The number of nitrogens with one attached hydrogen (secondary N) is 1. The lowest BCUT2D eigenvalue weighted by Crippen LogP contribution is -2.38. The molecule has 17 heavy (non-hydrogen) atoms. The Labute approximate surface area is 103 Å². The van der Waals surface area contributed by atoms with Crippen LogP contribution < -0.4 is 5.32 Å². The number of aryl methyl sites for hydroxylation is 1. The monoisotopic (exact) mass is 235 g/mol. The van der Waals surface area contributed by atoms with Crippen LogP contribution in [-0.4, -0.2) is 24.1 Å². The highest BCUT2D eigenvalue weighted by atomic mass is 16.5. The van der Waals surface area contributed by atoms with Crippen molar-refractivity contribution in [1.29, 1.82) is 0 Å². The third kappa shape index (κ3) is 2.27. The SMILES string of the molecule is CCCc1cc(NC)nc(C2(OC)CCC2)n1. The lowest BCUT2D eigenvalue weighted by atomic mass is 9.79. The molecule has 1 aliphatic carbocycles. The van der Waals surface area contributed by atoms with E-state index in [4.69, 9.17) is 4.74 Å². The summed E-state index contributed by atoms with van der Waals surface area (Å²) in [5, 5.41) is 3.10. The first kappa shape index (κ1) is 12.3. The Morgan fingerprint density at radius 3 is 2.65 bits per heavy atom. The van der Waals surface area contributed by atoms with Crippen molar-refractivity contribution in [3.63, 3.8) is 0 Å². The maximum atomic E-state index is 5.64. The first-order valence-electron chi connectivity index (χ1n) is 6.35. The number of hydrogen-bond acceptors (Lipinski definition) is 4. The van der Waals surface area contributed by atoms with Crippen LogP contribution in [-0.2, 0) is 16.8 Å². The van der Waals surface area contributed by atoms with Gasteiger partial charge in [0.1, 0.15) is 11.4 Å². The third-order valence-electron chi connectivity index (χ3n) is 3.50. The molecule has 0 atom stereocenters. The molecule has 4 nitrogen and oxygen atoms in total. The van der Waals surface area contributed by atoms with Gasteiger partial charge in [0.2, 0.25) is 0 Å². The van der Waals surface area contributed by atoms with E-state index in [0.717, 1.165) is 43.0 Å². The lowest BCUT2D eigenvalue weighted by molar-refractivity contribution is -0.0846. The fraction of sp³-hybridized carbons (Fsp3) is 0.692. The van der Waals surface area contributed by atoms with Crippen molar-refractivity contribution in [3.05, 3.63) is 17.6 Å². The van der Waals surface area contributed by atoms with Gasteiger partial charge in [-0.05, 0) is 25.7 Å². The molecule has 0 amide bonds. The second kappa shape index (κ2) is 5.00. The van der Waals surface area contributed by atoms with Crippen molar-refractivity contribution in [2.24, 2.45) is 0 Å². The Balaban J connectivity index is 2.35. The molecule has 2 rings (SSSR count). The predicted molar refractivity (Wildman–Crippen MR) is 68.1 cm³/mol. The van der Waals surface area contributed by atoms with Crippen molar-refractivity contribution in [3.8, 4) is 0 Å². The van der Waals surface area contributed by atoms with Crippen molar-refractivity contribution in [1.82, 2.24) is 9.97 Å². The Kier molecular flexibility index (Phi) is 3.62. The molecule has 0 bridgehead atoms. The van der Waals surface area contributed by atoms with Crippen LogP contribution in [0.5, 0.6) is 0 Å². The van der Waals surface area contributed by atoms with E-state index < -0.39 is 0 Å². The zero-order valence-corrected chi connectivity index (χ0v) is 10.9.